The fourth-order valence-electron chi connectivity index (χ4n) is 14.2. The fourth-order valence-corrected chi connectivity index (χ4v) is 14.2. The summed E-state index contributed by atoms with van der Waals surface area (Å²) in [6, 6.07) is 79.3. The number of aromatic nitrogens is 2. The van der Waals surface area contributed by atoms with Crippen LogP contribution in [0.4, 0.5) is 34.1 Å². The standard InChI is InChI=1S/C66H36B2N4O3/c1-2-15-37(16-3-1)71-54-27-14-22-48-62(54)72-63-49(35-45-44-21-8-13-28-55(44)75-66(45)65(63)71)68-47-32-30-39(70-52-25-11-6-19-42(52)43-20-7-12-26-53(43)70)34-57(47)74-59-36-58-60(64(72)61(59)68)67(48)46-31-29-38(33-56(46)73-58)69-50-23-9-4-17-40(50)41-18-5-10-24-51(41)69/h1-36H. The van der Waals surface area contributed by atoms with E-state index in [4.69, 9.17) is 13.9 Å². The molecule has 0 amide bonds. The van der Waals surface area contributed by atoms with Gasteiger partial charge in [-0.05, 0) is 93.4 Å². The Morgan fingerprint density at radius 3 is 1.41 bits per heavy atom. The van der Waals surface area contributed by atoms with E-state index in [1.54, 1.807) is 0 Å². The Labute approximate surface area is 429 Å². The Kier molecular flexibility index (Phi) is 7.03. The summed E-state index contributed by atoms with van der Waals surface area (Å²) in [5, 5.41) is 7.07. The normalized spacial score (nSPS) is 14.0. The highest BCUT2D eigenvalue weighted by molar-refractivity contribution is 7.04. The Morgan fingerprint density at radius 2 is 0.827 bits per heavy atom. The molecule has 0 fully saturated rings. The Morgan fingerprint density at radius 1 is 0.307 bits per heavy atom. The lowest BCUT2D eigenvalue weighted by Crippen LogP contribution is -2.67. The largest absolute Gasteiger partial charge is 0.458 e. The number of rotatable bonds is 3. The van der Waals surface area contributed by atoms with Gasteiger partial charge in [0, 0.05) is 73.3 Å². The van der Waals surface area contributed by atoms with Crippen LogP contribution >= 0.6 is 0 Å². The van der Waals surface area contributed by atoms with E-state index in [0.29, 0.717) is 0 Å². The molecular weight excluding hydrogens is 918 g/mol. The van der Waals surface area contributed by atoms with Crippen LogP contribution in [-0.2, 0) is 0 Å². The molecule has 8 heterocycles. The number of fused-ring (bicyclic) bond motifs is 16. The van der Waals surface area contributed by atoms with Gasteiger partial charge < -0.3 is 32.8 Å². The van der Waals surface area contributed by atoms with Crippen molar-refractivity contribution in [1.82, 2.24) is 9.13 Å². The zero-order chi connectivity index (χ0) is 48.4. The van der Waals surface area contributed by atoms with Gasteiger partial charge >= 0.3 is 0 Å². The Hall–Kier alpha value is -9.85. The van der Waals surface area contributed by atoms with Crippen molar-refractivity contribution in [3.05, 3.63) is 218 Å². The lowest BCUT2D eigenvalue weighted by Gasteiger charge is -2.51. The molecule has 0 saturated heterocycles. The maximum absolute atomic E-state index is 7.46. The highest BCUT2D eigenvalue weighted by Crippen LogP contribution is 2.59. The van der Waals surface area contributed by atoms with Crippen LogP contribution in [0.15, 0.2) is 223 Å². The minimum absolute atomic E-state index is 0.141. The summed E-state index contributed by atoms with van der Waals surface area (Å²) in [4.78, 5) is 5.03. The molecule has 0 spiro atoms. The number of hydrogen-bond acceptors (Lipinski definition) is 5. The summed E-state index contributed by atoms with van der Waals surface area (Å²) < 4.78 is 26.8. The Balaban J connectivity index is 0.918. The van der Waals surface area contributed by atoms with Crippen molar-refractivity contribution in [1.29, 1.82) is 0 Å². The predicted molar refractivity (Wildman–Crippen MR) is 308 cm³/mol. The fraction of sp³-hybridized carbons (Fsp3) is 0. The maximum Gasteiger partial charge on any atom is 0.256 e. The van der Waals surface area contributed by atoms with E-state index < -0.39 is 0 Å². The molecule has 5 aliphatic rings. The van der Waals surface area contributed by atoms with Gasteiger partial charge in [0.25, 0.3) is 13.4 Å². The second-order valence-corrected chi connectivity index (χ2v) is 20.7. The molecule has 11 aromatic carbocycles. The highest BCUT2D eigenvalue weighted by atomic mass is 16.5. The minimum Gasteiger partial charge on any atom is -0.458 e. The topological polar surface area (TPSA) is 47.9 Å². The third-order valence-electron chi connectivity index (χ3n) is 17.1. The quantitative estimate of drug-likeness (QED) is 0.165. The average Bonchev–Trinajstić information content (AvgIpc) is 4.15. The second-order valence-electron chi connectivity index (χ2n) is 20.7. The van der Waals surface area contributed by atoms with E-state index >= 15 is 0 Å². The summed E-state index contributed by atoms with van der Waals surface area (Å²) in [6.45, 7) is -0.332. The smallest absolute Gasteiger partial charge is 0.256 e. The van der Waals surface area contributed by atoms with Crippen molar-refractivity contribution in [2.75, 3.05) is 9.80 Å². The molecule has 0 radical (unpaired) electrons. The molecule has 7 nitrogen and oxygen atoms in total. The zero-order valence-electron chi connectivity index (χ0n) is 40.0. The van der Waals surface area contributed by atoms with E-state index in [2.05, 4.69) is 237 Å². The van der Waals surface area contributed by atoms with Crippen LogP contribution < -0.4 is 52.1 Å². The molecule has 14 aromatic rings. The molecule has 5 aliphatic heterocycles. The molecule has 9 heteroatoms. The number of ether oxygens (including phenoxy) is 2. The van der Waals surface area contributed by atoms with E-state index in [9.17, 15) is 0 Å². The highest BCUT2D eigenvalue weighted by Gasteiger charge is 2.54. The number of nitrogens with zero attached hydrogens (tertiary/aromatic N) is 4. The molecule has 0 atom stereocenters. The third kappa shape index (κ3) is 4.72. The summed E-state index contributed by atoms with van der Waals surface area (Å²) in [7, 11) is 0. The first-order valence-corrected chi connectivity index (χ1v) is 25.8. The molecule has 344 valence electrons. The van der Waals surface area contributed by atoms with Crippen molar-refractivity contribution in [2.24, 2.45) is 0 Å². The van der Waals surface area contributed by atoms with E-state index in [-0.39, 0.29) is 13.4 Å². The number of hydrogen-bond donors (Lipinski definition) is 0. The molecule has 3 aromatic heterocycles. The van der Waals surface area contributed by atoms with Crippen molar-refractivity contribution >= 4 is 146 Å². The monoisotopic (exact) mass is 954 g/mol. The molecule has 75 heavy (non-hydrogen) atoms. The lowest BCUT2D eigenvalue weighted by atomic mass is 9.29. The van der Waals surface area contributed by atoms with Crippen molar-refractivity contribution in [2.45, 2.75) is 0 Å². The molecule has 19 rings (SSSR count). The van der Waals surface area contributed by atoms with Crippen LogP contribution in [0.5, 0.6) is 23.0 Å². The van der Waals surface area contributed by atoms with Gasteiger partial charge in [-0.3, -0.25) is 0 Å². The predicted octanol–water partition coefficient (Wildman–Crippen LogP) is 12.9. The van der Waals surface area contributed by atoms with Crippen LogP contribution in [0, 0.1) is 0 Å². The lowest BCUT2D eigenvalue weighted by molar-refractivity contribution is 0.465. The van der Waals surface area contributed by atoms with Gasteiger partial charge in [0.05, 0.1) is 39.1 Å². The van der Waals surface area contributed by atoms with Gasteiger partial charge in [0.15, 0.2) is 5.58 Å². The maximum atomic E-state index is 7.46. The van der Waals surface area contributed by atoms with Crippen molar-refractivity contribution in [3.63, 3.8) is 0 Å². The van der Waals surface area contributed by atoms with Crippen LogP contribution in [0.1, 0.15) is 0 Å². The number of anilines is 6. The SMILES string of the molecule is c1ccc(N2c3cccc4c3N3c5c6c(cc7c5B(c5ccc(-n8c9ccccc9c9ccccc98)cc5O7)c5cc7c(oc8ccccc87)c2c53)Oc2cc(-n3c5ccccc5c5ccccc53)ccc2B46)cc1. The summed E-state index contributed by atoms with van der Waals surface area (Å²) >= 11 is 0. The van der Waals surface area contributed by atoms with Crippen LogP contribution in [0.2, 0.25) is 0 Å². The van der Waals surface area contributed by atoms with Gasteiger partial charge in [0.1, 0.15) is 34.3 Å². The van der Waals surface area contributed by atoms with E-state index in [1.165, 1.54) is 32.5 Å². The van der Waals surface area contributed by atoms with Crippen LogP contribution in [0.25, 0.3) is 76.9 Å². The van der Waals surface area contributed by atoms with Gasteiger partial charge in [0.2, 0.25) is 0 Å². The average molecular weight is 955 g/mol. The zero-order valence-corrected chi connectivity index (χ0v) is 40.0. The molecule has 0 unspecified atom stereocenters. The van der Waals surface area contributed by atoms with Crippen LogP contribution in [-0.4, -0.2) is 22.6 Å². The first-order valence-electron chi connectivity index (χ1n) is 25.8. The van der Waals surface area contributed by atoms with Crippen molar-refractivity contribution < 1.29 is 13.9 Å². The van der Waals surface area contributed by atoms with Crippen molar-refractivity contribution in [3.8, 4) is 34.4 Å². The minimum atomic E-state index is -0.191. The van der Waals surface area contributed by atoms with Gasteiger partial charge in [-0.1, -0.05) is 140 Å². The second kappa shape index (κ2) is 13.6. The van der Waals surface area contributed by atoms with E-state index in [0.717, 1.165) is 134 Å². The van der Waals surface area contributed by atoms with Gasteiger partial charge in [-0.15, -0.1) is 0 Å². The molecule has 0 aliphatic carbocycles. The van der Waals surface area contributed by atoms with Crippen LogP contribution in [0.3, 0.4) is 0 Å². The van der Waals surface area contributed by atoms with E-state index in [1.807, 2.05) is 0 Å². The van der Waals surface area contributed by atoms with Gasteiger partial charge in [-0.25, -0.2) is 0 Å². The molecule has 0 N–H and O–H groups in total. The summed E-state index contributed by atoms with van der Waals surface area (Å²) in [6.07, 6.45) is 0. The summed E-state index contributed by atoms with van der Waals surface area (Å²) in [5.41, 5.74) is 22.0. The molecule has 0 bridgehead atoms. The number of para-hydroxylation sites is 7. The molecular formula is C66H36B2N4O3. The first kappa shape index (κ1) is 38.8. The summed E-state index contributed by atoms with van der Waals surface area (Å²) in [5.74, 6) is 3.27. The number of furan rings is 1. The Bertz CT molecular complexity index is 4850. The first-order chi connectivity index (χ1) is 37.2. The van der Waals surface area contributed by atoms with Gasteiger partial charge in [-0.2, -0.15) is 0 Å². The number of benzene rings is 11. The third-order valence-corrected chi connectivity index (χ3v) is 17.1. The molecule has 0 saturated carbocycles.